The first-order valence-corrected chi connectivity index (χ1v) is 6.42. The number of unbranched alkanes of at least 4 members (excludes halogenated alkanes) is 2. The number of halogens is 2. The Labute approximate surface area is 104 Å². The van der Waals surface area contributed by atoms with Gasteiger partial charge in [0.05, 0.1) is 0 Å². The molecule has 0 aliphatic carbocycles. The van der Waals surface area contributed by atoms with Crippen LogP contribution in [-0.2, 0) is 0 Å². The van der Waals surface area contributed by atoms with Crippen LogP contribution in [0.25, 0.3) is 0 Å². The Hall–Kier alpha value is -0.340. The summed E-state index contributed by atoms with van der Waals surface area (Å²) in [4.78, 5) is 11.8. The van der Waals surface area contributed by atoms with E-state index in [1.54, 1.807) is 0 Å². The standard InChI is InChI=1S/C12H14BrClO/c13-11-7-4-3-6-10(11)12(15)8-2-1-5-9-14/h3-4,6-7H,1-2,5,8-9H2. The van der Waals surface area contributed by atoms with E-state index in [2.05, 4.69) is 15.9 Å². The molecule has 15 heavy (non-hydrogen) atoms. The van der Waals surface area contributed by atoms with Crippen LogP contribution in [-0.4, -0.2) is 11.7 Å². The van der Waals surface area contributed by atoms with Gasteiger partial charge in [0.1, 0.15) is 0 Å². The van der Waals surface area contributed by atoms with Crippen molar-refractivity contribution in [2.45, 2.75) is 25.7 Å². The summed E-state index contributed by atoms with van der Waals surface area (Å²) in [7, 11) is 0. The molecule has 82 valence electrons. The van der Waals surface area contributed by atoms with Gasteiger partial charge in [0, 0.05) is 22.3 Å². The molecule has 0 saturated carbocycles. The maximum absolute atomic E-state index is 11.8. The lowest BCUT2D eigenvalue weighted by atomic mass is 10.1. The zero-order valence-electron chi connectivity index (χ0n) is 8.51. The Balaban J connectivity index is 2.44. The first-order chi connectivity index (χ1) is 7.25. The Morgan fingerprint density at radius 2 is 1.93 bits per heavy atom. The normalized spacial score (nSPS) is 10.3. The lowest BCUT2D eigenvalue weighted by Gasteiger charge is -2.02. The third-order valence-corrected chi connectivity index (χ3v) is 3.17. The average molecular weight is 290 g/mol. The number of hydrogen-bond acceptors (Lipinski definition) is 1. The van der Waals surface area contributed by atoms with E-state index < -0.39 is 0 Å². The zero-order valence-corrected chi connectivity index (χ0v) is 10.9. The summed E-state index contributed by atoms with van der Waals surface area (Å²) >= 11 is 8.94. The highest BCUT2D eigenvalue weighted by Crippen LogP contribution is 2.18. The molecule has 1 aromatic rings. The van der Waals surface area contributed by atoms with E-state index in [1.165, 1.54) is 0 Å². The second-order valence-corrected chi connectivity index (χ2v) is 4.63. The number of ketones is 1. The van der Waals surface area contributed by atoms with Crippen LogP contribution in [0.15, 0.2) is 28.7 Å². The van der Waals surface area contributed by atoms with Crippen molar-refractivity contribution in [3.8, 4) is 0 Å². The van der Waals surface area contributed by atoms with E-state index in [-0.39, 0.29) is 5.78 Å². The van der Waals surface area contributed by atoms with Gasteiger partial charge in [0.2, 0.25) is 0 Å². The molecule has 0 heterocycles. The largest absolute Gasteiger partial charge is 0.294 e. The minimum absolute atomic E-state index is 0.206. The highest BCUT2D eigenvalue weighted by Gasteiger charge is 2.08. The number of benzene rings is 1. The average Bonchev–Trinajstić information content (AvgIpc) is 2.25. The monoisotopic (exact) mass is 288 g/mol. The maximum Gasteiger partial charge on any atom is 0.164 e. The van der Waals surface area contributed by atoms with Gasteiger partial charge in [-0.1, -0.05) is 40.5 Å². The second-order valence-electron chi connectivity index (χ2n) is 3.40. The summed E-state index contributed by atoms with van der Waals surface area (Å²) in [6.45, 7) is 0. The molecule has 0 fully saturated rings. The van der Waals surface area contributed by atoms with E-state index in [1.807, 2.05) is 24.3 Å². The highest BCUT2D eigenvalue weighted by molar-refractivity contribution is 9.10. The molecule has 0 aliphatic rings. The van der Waals surface area contributed by atoms with Gasteiger partial charge >= 0.3 is 0 Å². The van der Waals surface area contributed by atoms with Crippen LogP contribution in [0, 0.1) is 0 Å². The summed E-state index contributed by atoms with van der Waals surface area (Å²) < 4.78 is 0.882. The molecule has 0 atom stereocenters. The van der Waals surface area contributed by atoms with Crippen molar-refractivity contribution in [2.24, 2.45) is 0 Å². The summed E-state index contributed by atoms with van der Waals surface area (Å²) in [5.41, 5.74) is 0.781. The zero-order chi connectivity index (χ0) is 11.1. The summed E-state index contributed by atoms with van der Waals surface area (Å²) in [5, 5.41) is 0. The lowest BCUT2D eigenvalue weighted by molar-refractivity contribution is 0.0978. The third-order valence-electron chi connectivity index (χ3n) is 2.21. The van der Waals surface area contributed by atoms with Crippen LogP contribution in [0.4, 0.5) is 0 Å². The number of carbonyl (C=O) groups excluding carboxylic acids is 1. The third kappa shape index (κ3) is 4.35. The predicted octanol–water partition coefficient (Wildman–Crippen LogP) is 4.43. The minimum Gasteiger partial charge on any atom is -0.294 e. The number of hydrogen-bond donors (Lipinski definition) is 0. The van der Waals surface area contributed by atoms with Crippen LogP contribution < -0.4 is 0 Å². The van der Waals surface area contributed by atoms with Crippen LogP contribution in [0.3, 0.4) is 0 Å². The van der Waals surface area contributed by atoms with Crippen molar-refractivity contribution < 1.29 is 4.79 Å². The predicted molar refractivity (Wildman–Crippen MR) is 67.7 cm³/mol. The van der Waals surface area contributed by atoms with Gasteiger partial charge in [-0.3, -0.25) is 4.79 Å². The quantitative estimate of drug-likeness (QED) is 0.430. The molecule has 0 radical (unpaired) electrons. The molecule has 0 saturated heterocycles. The molecular formula is C12H14BrClO. The SMILES string of the molecule is O=C(CCCCCCl)c1ccccc1Br. The first kappa shape index (κ1) is 12.7. The molecule has 0 amide bonds. The Morgan fingerprint density at radius 1 is 1.20 bits per heavy atom. The Kier molecular flexibility index (Phi) is 5.96. The van der Waals surface area contributed by atoms with Gasteiger partial charge in [-0.2, -0.15) is 0 Å². The fraction of sp³-hybridized carbons (Fsp3) is 0.417. The molecule has 1 rings (SSSR count). The van der Waals surface area contributed by atoms with Crippen LogP contribution >= 0.6 is 27.5 Å². The van der Waals surface area contributed by atoms with E-state index in [0.29, 0.717) is 12.3 Å². The molecule has 1 nitrogen and oxygen atoms in total. The van der Waals surface area contributed by atoms with Crippen molar-refractivity contribution >= 4 is 33.3 Å². The Bertz CT molecular complexity index is 325. The summed E-state index contributed by atoms with van der Waals surface area (Å²) in [6.07, 6.45) is 3.55. The van der Waals surface area contributed by atoms with Gasteiger partial charge in [-0.15, -0.1) is 11.6 Å². The van der Waals surface area contributed by atoms with Crippen molar-refractivity contribution in [3.05, 3.63) is 34.3 Å². The van der Waals surface area contributed by atoms with Crippen molar-refractivity contribution in [1.29, 1.82) is 0 Å². The van der Waals surface area contributed by atoms with Crippen molar-refractivity contribution in [2.75, 3.05) is 5.88 Å². The molecular weight excluding hydrogens is 275 g/mol. The van der Waals surface area contributed by atoms with Crippen LogP contribution in [0.1, 0.15) is 36.0 Å². The summed E-state index contributed by atoms with van der Waals surface area (Å²) in [5.74, 6) is 0.889. The number of Topliss-reactive ketones (excluding diaryl/α,β-unsaturated/α-hetero) is 1. The van der Waals surface area contributed by atoms with Gasteiger partial charge in [0.15, 0.2) is 5.78 Å². The number of rotatable bonds is 6. The first-order valence-electron chi connectivity index (χ1n) is 5.09. The fourth-order valence-corrected chi connectivity index (χ4v) is 2.07. The topological polar surface area (TPSA) is 17.1 Å². The molecule has 3 heteroatoms. The number of carbonyl (C=O) groups is 1. The van der Waals surface area contributed by atoms with E-state index in [9.17, 15) is 4.79 Å². The smallest absolute Gasteiger partial charge is 0.164 e. The lowest BCUT2D eigenvalue weighted by Crippen LogP contribution is -1.99. The number of alkyl halides is 1. The molecule has 0 unspecified atom stereocenters. The van der Waals surface area contributed by atoms with Crippen LogP contribution in [0.2, 0.25) is 0 Å². The van der Waals surface area contributed by atoms with Crippen LogP contribution in [0.5, 0.6) is 0 Å². The molecule has 0 aliphatic heterocycles. The molecule has 0 N–H and O–H groups in total. The van der Waals surface area contributed by atoms with Gasteiger partial charge in [-0.25, -0.2) is 0 Å². The van der Waals surface area contributed by atoms with Crippen molar-refractivity contribution in [1.82, 2.24) is 0 Å². The second kappa shape index (κ2) is 7.02. The summed E-state index contributed by atoms with van der Waals surface area (Å²) in [6, 6.07) is 7.55. The van der Waals surface area contributed by atoms with Gasteiger partial charge in [-0.05, 0) is 18.9 Å². The fourth-order valence-electron chi connectivity index (χ4n) is 1.38. The van der Waals surface area contributed by atoms with E-state index >= 15 is 0 Å². The van der Waals surface area contributed by atoms with E-state index in [0.717, 1.165) is 29.3 Å². The minimum atomic E-state index is 0.206. The van der Waals surface area contributed by atoms with Gasteiger partial charge in [0.25, 0.3) is 0 Å². The van der Waals surface area contributed by atoms with Gasteiger partial charge < -0.3 is 0 Å². The highest BCUT2D eigenvalue weighted by atomic mass is 79.9. The van der Waals surface area contributed by atoms with E-state index in [4.69, 9.17) is 11.6 Å². The Morgan fingerprint density at radius 3 is 2.60 bits per heavy atom. The molecule has 0 spiro atoms. The molecule has 0 bridgehead atoms. The molecule has 0 aromatic heterocycles. The molecule has 1 aromatic carbocycles. The van der Waals surface area contributed by atoms with Crippen molar-refractivity contribution in [3.63, 3.8) is 0 Å². The maximum atomic E-state index is 11.8.